The number of aliphatic hydroxyl groups excluding tert-OH is 1. The van der Waals surface area contributed by atoms with Crippen LogP contribution in [0.2, 0.25) is 0 Å². The quantitative estimate of drug-likeness (QED) is 0.686. The van der Waals surface area contributed by atoms with Crippen molar-refractivity contribution in [2.75, 3.05) is 13.7 Å². The number of hydrogen-bond donors (Lipinski definition) is 2. The Labute approximate surface area is 93.2 Å². The van der Waals surface area contributed by atoms with Crippen molar-refractivity contribution in [2.45, 2.75) is 63.6 Å². The van der Waals surface area contributed by atoms with Crippen LogP contribution in [-0.2, 0) is 4.74 Å². The van der Waals surface area contributed by atoms with Crippen molar-refractivity contribution in [3.8, 4) is 0 Å². The molecular weight excluding hydrogens is 190 g/mol. The Morgan fingerprint density at radius 3 is 2.73 bits per heavy atom. The maximum absolute atomic E-state index is 9.96. The van der Waals surface area contributed by atoms with Crippen LogP contribution in [0.4, 0.5) is 0 Å². The Balaban J connectivity index is 2.38. The van der Waals surface area contributed by atoms with E-state index in [1.165, 1.54) is 19.3 Å². The van der Waals surface area contributed by atoms with Crippen LogP contribution < -0.4 is 5.32 Å². The SMILES string of the molecule is CCC(COC)NC1CCCCCC1O. The Morgan fingerprint density at radius 1 is 1.33 bits per heavy atom. The topological polar surface area (TPSA) is 41.5 Å². The zero-order valence-corrected chi connectivity index (χ0v) is 10.0. The van der Waals surface area contributed by atoms with Crippen molar-refractivity contribution in [2.24, 2.45) is 0 Å². The van der Waals surface area contributed by atoms with Crippen LogP contribution in [0.1, 0.15) is 45.4 Å². The summed E-state index contributed by atoms with van der Waals surface area (Å²) in [5.74, 6) is 0. The lowest BCUT2D eigenvalue weighted by molar-refractivity contribution is 0.0957. The standard InChI is InChI=1S/C12H25NO2/c1-3-10(9-15-2)13-11-7-5-4-6-8-12(11)14/h10-14H,3-9H2,1-2H3. The molecule has 3 nitrogen and oxygen atoms in total. The van der Waals surface area contributed by atoms with E-state index in [9.17, 15) is 5.11 Å². The van der Waals surface area contributed by atoms with Crippen LogP contribution in [0, 0.1) is 0 Å². The summed E-state index contributed by atoms with van der Waals surface area (Å²) in [7, 11) is 1.73. The largest absolute Gasteiger partial charge is 0.392 e. The minimum Gasteiger partial charge on any atom is -0.392 e. The first-order chi connectivity index (χ1) is 7.27. The molecule has 0 radical (unpaired) electrons. The molecule has 0 bridgehead atoms. The van der Waals surface area contributed by atoms with Gasteiger partial charge in [0.25, 0.3) is 0 Å². The van der Waals surface area contributed by atoms with Gasteiger partial charge in [-0.3, -0.25) is 0 Å². The van der Waals surface area contributed by atoms with Crippen LogP contribution in [-0.4, -0.2) is 37.0 Å². The molecule has 3 atom stereocenters. The normalized spacial score (nSPS) is 29.8. The molecule has 1 aliphatic rings. The van der Waals surface area contributed by atoms with Crippen molar-refractivity contribution in [3.63, 3.8) is 0 Å². The molecule has 3 heteroatoms. The second-order valence-electron chi connectivity index (χ2n) is 4.54. The first-order valence-electron chi connectivity index (χ1n) is 6.21. The molecule has 0 amide bonds. The lowest BCUT2D eigenvalue weighted by Gasteiger charge is -2.27. The molecule has 90 valence electrons. The minimum atomic E-state index is -0.168. The number of ether oxygens (including phenoxy) is 1. The summed E-state index contributed by atoms with van der Waals surface area (Å²) in [6.07, 6.45) is 6.59. The van der Waals surface area contributed by atoms with Crippen LogP contribution in [0.3, 0.4) is 0 Å². The Bertz CT molecular complexity index is 164. The zero-order valence-electron chi connectivity index (χ0n) is 10.0. The number of hydrogen-bond acceptors (Lipinski definition) is 3. The van der Waals surface area contributed by atoms with Crippen LogP contribution in [0.15, 0.2) is 0 Å². The van der Waals surface area contributed by atoms with Crippen molar-refractivity contribution in [3.05, 3.63) is 0 Å². The van der Waals surface area contributed by atoms with Gasteiger partial charge in [-0.25, -0.2) is 0 Å². The summed E-state index contributed by atoms with van der Waals surface area (Å²) in [4.78, 5) is 0. The van der Waals surface area contributed by atoms with Crippen molar-refractivity contribution in [1.29, 1.82) is 0 Å². The predicted molar refractivity (Wildman–Crippen MR) is 62.0 cm³/mol. The molecule has 0 aromatic heterocycles. The molecule has 1 rings (SSSR count). The molecule has 2 N–H and O–H groups in total. The van der Waals surface area contributed by atoms with Gasteiger partial charge >= 0.3 is 0 Å². The third kappa shape index (κ3) is 4.49. The molecule has 0 spiro atoms. The van der Waals surface area contributed by atoms with E-state index < -0.39 is 0 Å². The van der Waals surface area contributed by atoms with Gasteiger partial charge in [-0.15, -0.1) is 0 Å². The molecule has 0 aliphatic heterocycles. The molecule has 1 saturated carbocycles. The second kappa shape index (κ2) is 7.20. The fourth-order valence-corrected chi connectivity index (χ4v) is 2.27. The highest BCUT2D eigenvalue weighted by atomic mass is 16.5. The van der Waals surface area contributed by atoms with Crippen LogP contribution >= 0.6 is 0 Å². The van der Waals surface area contributed by atoms with E-state index >= 15 is 0 Å². The smallest absolute Gasteiger partial charge is 0.0693 e. The molecule has 1 fully saturated rings. The van der Waals surface area contributed by atoms with E-state index in [4.69, 9.17) is 4.74 Å². The highest BCUT2D eigenvalue weighted by Gasteiger charge is 2.23. The van der Waals surface area contributed by atoms with Crippen LogP contribution in [0.5, 0.6) is 0 Å². The highest BCUT2D eigenvalue weighted by Crippen LogP contribution is 2.18. The van der Waals surface area contributed by atoms with Crippen molar-refractivity contribution < 1.29 is 9.84 Å². The summed E-state index contributed by atoms with van der Waals surface area (Å²) in [5.41, 5.74) is 0. The lowest BCUT2D eigenvalue weighted by Crippen LogP contribution is -2.46. The number of nitrogens with one attached hydrogen (secondary N) is 1. The maximum Gasteiger partial charge on any atom is 0.0693 e. The van der Waals surface area contributed by atoms with Gasteiger partial charge in [0.05, 0.1) is 12.7 Å². The van der Waals surface area contributed by atoms with Gasteiger partial charge in [0, 0.05) is 19.2 Å². The Kier molecular flexibility index (Phi) is 6.22. The summed E-state index contributed by atoms with van der Waals surface area (Å²) >= 11 is 0. The summed E-state index contributed by atoms with van der Waals surface area (Å²) < 4.78 is 5.16. The number of rotatable bonds is 5. The fourth-order valence-electron chi connectivity index (χ4n) is 2.27. The van der Waals surface area contributed by atoms with E-state index in [1.54, 1.807) is 7.11 Å². The van der Waals surface area contributed by atoms with E-state index in [-0.39, 0.29) is 12.1 Å². The van der Waals surface area contributed by atoms with Crippen LogP contribution in [0.25, 0.3) is 0 Å². The highest BCUT2D eigenvalue weighted by molar-refractivity contribution is 4.82. The number of methoxy groups -OCH3 is 1. The average Bonchev–Trinajstić information content (AvgIpc) is 2.43. The Hall–Kier alpha value is -0.120. The van der Waals surface area contributed by atoms with Gasteiger partial charge in [0.1, 0.15) is 0 Å². The fraction of sp³-hybridized carbons (Fsp3) is 1.00. The predicted octanol–water partition coefficient (Wildman–Crippen LogP) is 1.69. The van der Waals surface area contributed by atoms with Gasteiger partial charge in [-0.2, -0.15) is 0 Å². The summed E-state index contributed by atoms with van der Waals surface area (Å²) in [6.45, 7) is 2.89. The minimum absolute atomic E-state index is 0.168. The first-order valence-corrected chi connectivity index (χ1v) is 6.21. The molecule has 0 saturated heterocycles. The first kappa shape index (κ1) is 12.9. The molecule has 0 heterocycles. The third-order valence-corrected chi connectivity index (χ3v) is 3.29. The monoisotopic (exact) mass is 215 g/mol. The van der Waals surface area contributed by atoms with E-state index in [0.717, 1.165) is 25.9 Å². The number of aliphatic hydroxyl groups is 1. The average molecular weight is 215 g/mol. The van der Waals surface area contributed by atoms with Gasteiger partial charge in [0.2, 0.25) is 0 Å². The zero-order chi connectivity index (χ0) is 11.1. The third-order valence-electron chi connectivity index (χ3n) is 3.29. The molecule has 0 aromatic carbocycles. The molecular formula is C12H25NO2. The maximum atomic E-state index is 9.96. The van der Waals surface area contributed by atoms with Crippen molar-refractivity contribution >= 4 is 0 Å². The molecule has 3 unspecified atom stereocenters. The Morgan fingerprint density at radius 2 is 2.07 bits per heavy atom. The van der Waals surface area contributed by atoms with E-state index in [1.807, 2.05) is 0 Å². The van der Waals surface area contributed by atoms with Gasteiger partial charge in [0.15, 0.2) is 0 Å². The summed E-state index contributed by atoms with van der Waals surface area (Å²) in [6, 6.07) is 0.653. The lowest BCUT2D eigenvalue weighted by atomic mass is 10.0. The van der Waals surface area contributed by atoms with Gasteiger partial charge < -0.3 is 15.2 Å². The second-order valence-corrected chi connectivity index (χ2v) is 4.54. The van der Waals surface area contributed by atoms with Gasteiger partial charge in [-0.05, 0) is 19.3 Å². The van der Waals surface area contributed by atoms with Gasteiger partial charge in [-0.1, -0.05) is 26.2 Å². The molecule has 0 aromatic rings. The van der Waals surface area contributed by atoms with E-state index in [2.05, 4.69) is 12.2 Å². The molecule has 1 aliphatic carbocycles. The van der Waals surface area contributed by atoms with Crippen molar-refractivity contribution in [1.82, 2.24) is 5.32 Å². The summed E-state index contributed by atoms with van der Waals surface area (Å²) in [5, 5.41) is 13.5. The molecule has 15 heavy (non-hydrogen) atoms. The van der Waals surface area contributed by atoms with E-state index in [0.29, 0.717) is 6.04 Å².